The number of carbonyl (C=O) groups excluding carboxylic acids is 1. The molecule has 3 rings (SSSR count). The number of aromatic amines is 1. The third kappa shape index (κ3) is 2.28. The lowest BCUT2D eigenvalue weighted by Crippen LogP contribution is -1.92. The van der Waals surface area contributed by atoms with Gasteiger partial charge in [-0.05, 0) is 37.5 Å². The molecule has 1 aliphatic rings. The first-order valence-corrected chi connectivity index (χ1v) is 6.82. The van der Waals surface area contributed by atoms with Crippen molar-refractivity contribution in [3.05, 3.63) is 22.2 Å². The molecule has 0 bridgehead atoms. The standard InChI is InChI=1S/C13H12BrN3O2/c1-6-4-8-10(5-9(6)14)15-13(19)11(8)16-17-12(18)7-2-3-7/h4-5,7,15,19H,2-3H2,1H3. The Bertz CT molecular complexity index is 701. The molecular formula is C13H12BrN3O2. The molecule has 0 atom stereocenters. The summed E-state index contributed by atoms with van der Waals surface area (Å²) in [6.07, 6.45) is 1.79. The number of hydrogen-bond acceptors (Lipinski definition) is 3. The topological polar surface area (TPSA) is 77.8 Å². The highest BCUT2D eigenvalue weighted by atomic mass is 79.9. The van der Waals surface area contributed by atoms with E-state index in [4.69, 9.17) is 0 Å². The van der Waals surface area contributed by atoms with E-state index in [0.717, 1.165) is 33.8 Å². The molecule has 1 aliphatic carbocycles. The van der Waals surface area contributed by atoms with Crippen LogP contribution in [-0.2, 0) is 4.79 Å². The largest absolute Gasteiger partial charge is 0.493 e. The van der Waals surface area contributed by atoms with Crippen LogP contribution in [0.4, 0.5) is 5.69 Å². The molecule has 1 heterocycles. The number of halogens is 1. The number of hydrogen-bond donors (Lipinski definition) is 2. The maximum atomic E-state index is 11.5. The van der Waals surface area contributed by atoms with E-state index in [1.807, 2.05) is 19.1 Å². The number of amides is 1. The summed E-state index contributed by atoms with van der Waals surface area (Å²) < 4.78 is 0.943. The summed E-state index contributed by atoms with van der Waals surface area (Å²) in [4.78, 5) is 14.3. The fourth-order valence-electron chi connectivity index (χ4n) is 1.91. The van der Waals surface area contributed by atoms with Gasteiger partial charge in [0.2, 0.25) is 5.88 Å². The first kappa shape index (κ1) is 12.3. The van der Waals surface area contributed by atoms with Crippen molar-refractivity contribution < 1.29 is 9.90 Å². The first-order chi connectivity index (χ1) is 9.06. The van der Waals surface area contributed by atoms with Gasteiger partial charge in [0.25, 0.3) is 5.91 Å². The maximum absolute atomic E-state index is 11.5. The van der Waals surface area contributed by atoms with Crippen molar-refractivity contribution in [1.82, 2.24) is 4.98 Å². The molecule has 98 valence electrons. The Balaban J connectivity index is 2.04. The number of H-pyrrole nitrogens is 1. The van der Waals surface area contributed by atoms with Crippen molar-refractivity contribution in [2.24, 2.45) is 16.1 Å². The third-order valence-corrected chi connectivity index (χ3v) is 4.06. The van der Waals surface area contributed by atoms with Crippen molar-refractivity contribution in [2.45, 2.75) is 19.8 Å². The van der Waals surface area contributed by atoms with E-state index < -0.39 is 0 Å². The van der Waals surface area contributed by atoms with E-state index in [1.54, 1.807) is 0 Å². The van der Waals surface area contributed by atoms with Crippen LogP contribution >= 0.6 is 15.9 Å². The van der Waals surface area contributed by atoms with E-state index in [1.165, 1.54) is 0 Å². The Morgan fingerprint density at radius 3 is 2.89 bits per heavy atom. The first-order valence-electron chi connectivity index (χ1n) is 6.02. The van der Waals surface area contributed by atoms with Crippen LogP contribution in [0.5, 0.6) is 5.88 Å². The normalized spacial score (nSPS) is 15.5. The second-order valence-corrected chi connectivity index (χ2v) is 5.64. The molecule has 1 amide bonds. The predicted molar refractivity (Wildman–Crippen MR) is 74.6 cm³/mol. The van der Waals surface area contributed by atoms with Gasteiger partial charge in [0.1, 0.15) is 0 Å². The van der Waals surface area contributed by atoms with E-state index >= 15 is 0 Å². The van der Waals surface area contributed by atoms with Crippen molar-refractivity contribution in [1.29, 1.82) is 0 Å². The average Bonchev–Trinajstić information content (AvgIpc) is 3.15. The van der Waals surface area contributed by atoms with Crippen LogP contribution in [0.15, 0.2) is 26.8 Å². The fraction of sp³-hybridized carbons (Fsp3) is 0.308. The molecule has 0 radical (unpaired) electrons. The van der Waals surface area contributed by atoms with Crippen LogP contribution in [0.25, 0.3) is 10.9 Å². The number of carbonyl (C=O) groups is 1. The smallest absolute Gasteiger partial charge is 0.267 e. The Morgan fingerprint density at radius 1 is 1.47 bits per heavy atom. The molecule has 1 aromatic heterocycles. The average molecular weight is 322 g/mol. The van der Waals surface area contributed by atoms with Crippen LogP contribution < -0.4 is 0 Å². The number of nitrogens with one attached hydrogen (secondary N) is 1. The zero-order valence-electron chi connectivity index (χ0n) is 10.3. The summed E-state index contributed by atoms with van der Waals surface area (Å²) in [7, 11) is 0. The molecule has 0 unspecified atom stereocenters. The molecule has 1 saturated carbocycles. The van der Waals surface area contributed by atoms with Crippen molar-refractivity contribution in [3.63, 3.8) is 0 Å². The number of fused-ring (bicyclic) bond motifs is 1. The number of aromatic nitrogens is 1. The summed E-state index contributed by atoms with van der Waals surface area (Å²) in [6, 6.07) is 3.76. The Kier molecular flexibility index (Phi) is 2.89. The summed E-state index contributed by atoms with van der Waals surface area (Å²) >= 11 is 3.43. The zero-order valence-corrected chi connectivity index (χ0v) is 11.9. The predicted octanol–water partition coefficient (Wildman–Crippen LogP) is 3.96. The third-order valence-electron chi connectivity index (χ3n) is 3.21. The molecular weight excluding hydrogens is 310 g/mol. The van der Waals surface area contributed by atoms with Crippen molar-refractivity contribution in [2.75, 3.05) is 0 Å². The van der Waals surface area contributed by atoms with Gasteiger partial charge < -0.3 is 10.1 Å². The van der Waals surface area contributed by atoms with E-state index in [-0.39, 0.29) is 17.7 Å². The number of benzene rings is 1. The van der Waals surface area contributed by atoms with Crippen molar-refractivity contribution >= 4 is 38.4 Å². The molecule has 0 spiro atoms. The monoisotopic (exact) mass is 321 g/mol. The second kappa shape index (κ2) is 4.45. The van der Waals surface area contributed by atoms with Gasteiger partial charge in [-0.2, -0.15) is 0 Å². The van der Waals surface area contributed by atoms with Crippen LogP contribution in [0.1, 0.15) is 18.4 Å². The fourth-order valence-corrected chi connectivity index (χ4v) is 2.25. The SMILES string of the molecule is Cc1cc2c(N=NC(=O)C3CC3)c(O)[nH]c2cc1Br. The summed E-state index contributed by atoms with van der Waals surface area (Å²) in [5, 5.41) is 18.2. The lowest BCUT2D eigenvalue weighted by molar-refractivity contribution is -0.119. The molecule has 19 heavy (non-hydrogen) atoms. The molecule has 1 fully saturated rings. The molecule has 0 saturated heterocycles. The highest BCUT2D eigenvalue weighted by Crippen LogP contribution is 2.38. The second-order valence-electron chi connectivity index (χ2n) is 4.78. The molecule has 1 aromatic carbocycles. The summed E-state index contributed by atoms with van der Waals surface area (Å²) in [6.45, 7) is 1.95. The molecule has 5 nitrogen and oxygen atoms in total. The Morgan fingerprint density at radius 2 is 2.21 bits per heavy atom. The van der Waals surface area contributed by atoms with E-state index in [2.05, 4.69) is 31.1 Å². The van der Waals surface area contributed by atoms with Gasteiger partial charge in [-0.1, -0.05) is 15.9 Å². The van der Waals surface area contributed by atoms with Gasteiger partial charge in [-0.3, -0.25) is 4.79 Å². The quantitative estimate of drug-likeness (QED) is 0.821. The highest BCUT2D eigenvalue weighted by molar-refractivity contribution is 9.10. The van der Waals surface area contributed by atoms with Crippen molar-refractivity contribution in [3.8, 4) is 5.88 Å². The summed E-state index contributed by atoms with van der Waals surface area (Å²) in [5.41, 5.74) is 2.10. The van der Waals surface area contributed by atoms with Gasteiger partial charge in [0.15, 0.2) is 5.69 Å². The number of aromatic hydroxyl groups is 1. The maximum Gasteiger partial charge on any atom is 0.267 e. The van der Waals surface area contributed by atoms with Gasteiger partial charge in [0, 0.05) is 15.8 Å². The van der Waals surface area contributed by atoms with Crippen LogP contribution in [0.3, 0.4) is 0 Å². The Labute approximate surface area is 117 Å². The number of rotatable bonds is 2. The van der Waals surface area contributed by atoms with Crippen LogP contribution in [-0.4, -0.2) is 16.0 Å². The van der Waals surface area contributed by atoms with Crippen LogP contribution in [0, 0.1) is 12.8 Å². The highest BCUT2D eigenvalue weighted by Gasteiger charge is 2.29. The van der Waals surface area contributed by atoms with E-state index in [9.17, 15) is 9.90 Å². The minimum Gasteiger partial charge on any atom is -0.493 e. The van der Waals surface area contributed by atoms with Crippen LogP contribution in [0.2, 0.25) is 0 Å². The lowest BCUT2D eigenvalue weighted by atomic mass is 10.1. The molecule has 2 N–H and O–H groups in total. The number of aryl methyl sites for hydroxylation is 1. The number of nitrogens with zero attached hydrogens (tertiary/aromatic N) is 2. The van der Waals surface area contributed by atoms with Gasteiger partial charge in [-0.15, -0.1) is 10.2 Å². The van der Waals surface area contributed by atoms with Gasteiger partial charge in [-0.25, -0.2) is 0 Å². The van der Waals surface area contributed by atoms with Gasteiger partial charge >= 0.3 is 0 Å². The minimum absolute atomic E-state index is 0.0342. The lowest BCUT2D eigenvalue weighted by Gasteiger charge is -1.98. The minimum atomic E-state index is -0.206. The summed E-state index contributed by atoms with van der Waals surface area (Å²) in [5.74, 6) is -0.241. The van der Waals surface area contributed by atoms with Gasteiger partial charge in [0.05, 0.1) is 5.52 Å². The molecule has 0 aliphatic heterocycles. The molecule has 6 heteroatoms. The zero-order chi connectivity index (χ0) is 13.6. The van der Waals surface area contributed by atoms with E-state index in [0.29, 0.717) is 5.69 Å². The Hall–Kier alpha value is -1.69. The number of azo groups is 1. The molecule has 2 aromatic rings.